The summed E-state index contributed by atoms with van der Waals surface area (Å²) in [5, 5.41) is 1.15. The molecule has 2 atom stereocenters. The molecule has 0 amide bonds. The molecular formula is C14H17BrN2O. The van der Waals surface area contributed by atoms with Gasteiger partial charge in [0.2, 0.25) is 0 Å². The third-order valence-corrected chi connectivity index (χ3v) is 4.52. The van der Waals surface area contributed by atoms with E-state index in [-0.39, 0.29) is 0 Å². The fourth-order valence-electron chi connectivity index (χ4n) is 2.89. The van der Waals surface area contributed by atoms with Crippen LogP contribution in [0.1, 0.15) is 18.0 Å². The van der Waals surface area contributed by atoms with E-state index < -0.39 is 0 Å². The monoisotopic (exact) mass is 308 g/mol. The number of furan rings is 1. The van der Waals surface area contributed by atoms with Crippen LogP contribution < -0.4 is 5.73 Å². The Hall–Kier alpha value is -0.840. The Balaban J connectivity index is 1.96. The van der Waals surface area contributed by atoms with Gasteiger partial charge in [-0.2, -0.15) is 0 Å². The molecule has 4 heteroatoms. The van der Waals surface area contributed by atoms with Crippen LogP contribution in [0.3, 0.4) is 0 Å². The molecule has 0 radical (unpaired) electrons. The van der Waals surface area contributed by atoms with E-state index in [9.17, 15) is 0 Å². The zero-order valence-electron chi connectivity index (χ0n) is 10.4. The number of hydrogen-bond acceptors (Lipinski definition) is 3. The highest BCUT2D eigenvalue weighted by Crippen LogP contribution is 2.36. The predicted molar refractivity (Wildman–Crippen MR) is 76.4 cm³/mol. The van der Waals surface area contributed by atoms with Crippen LogP contribution in [0.4, 0.5) is 0 Å². The van der Waals surface area contributed by atoms with E-state index in [1.54, 1.807) is 6.26 Å². The first kappa shape index (κ1) is 12.2. The van der Waals surface area contributed by atoms with E-state index in [2.05, 4.69) is 46.1 Å². The van der Waals surface area contributed by atoms with Crippen LogP contribution in [0.2, 0.25) is 0 Å². The highest BCUT2D eigenvalue weighted by molar-refractivity contribution is 9.10. The van der Waals surface area contributed by atoms with Gasteiger partial charge in [-0.3, -0.25) is 4.90 Å². The van der Waals surface area contributed by atoms with Crippen molar-refractivity contribution in [2.45, 2.75) is 12.5 Å². The summed E-state index contributed by atoms with van der Waals surface area (Å²) in [6.07, 6.45) is 2.89. The average Bonchev–Trinajstić information content (AvgIpc) is 2.93. The predicted octanol–water partition coefficient (Wildman–Crippen LogP) is 3.15. The number of halogens is 1. The molecule has 1 aromatic carbocycles. The molecule has 3 rings (SSSR count). The summed E-state index contributed by atoms with van der Waals surface area (Å²) in [7, 11) is 2.18. The van der Waals surface area contributed by atoms with Gasteiger partial charge in [-0.1, -0.05) is 6.07 Å². The van der Waals surface area contributed by atoms with Gasteiger partial charge in [0.1, 0.15) is 11.8 Å². The number of nitrogens with two attached hydrogens (primary N) is 1. The lowest BCUT2D eigenvalue weighted by Gasteiger charge is -2.19. The third kappa shape index (κ3) is 1.98. The first-order valence-electron chi connectivity index (χ1n) is 6.26. The minimum atomic E-state index is 0.477. The lowest BCUT2D eigenvalue weighted by molar-refractivity contribution is 0.314. The summed E-state index contributed by atoms with van der Waals surface area (Å²) in [6.45, 7) is 1.87. The maximum absolute atomic E-state index is 5.79. The Kier molecular flexibility index (Phi) is 3.18. The van der Waals surface area contributed by atoms with Crippen LogP contribution in [-0.4, -0.2) is 25.0 Å². The summed E-state index contributed by atoms with van der Waals surface area (Å²) >= 11 is 3.52. The molecular weight excluding hydrogens is 292 g/mol. The highest BCUT2D eigenvalue weighted by Gasteiger charge is 2.29. The summed E-state index contributed by atoms with van der Waals surface area (Å²) in [6, 6.07) is 6.92. The first-order chi connectivity index (χ1) is 8.69. The zero-order valence-corrected chi connectivity index (χ0v) is 12.0. The summed E-state index contributed by atoms with van der Waals surface area (Å²) < 4.78 is 6.48. The van der Waals surface area contributed by atoms with E-state index in [0.717, 1.165) is 35.0 Å². The zero-order chi connectivity index (χ0) is 12.7. The van der Waals surface area contributed by atoms with Crippen LogP contribution in [0.15, 0.2) is 33.4 Å². The molecule has 0 spiro atoms. The summed E-state index contributed by atoms with van der Waals surface area (Å²) in [4.78, 5) is 2.40. The van der Waals surface area contributed by atoms with Crippen LogP contribution in [-0.2, 0) is 0 Å². The second kappa shape index (κ2) is 4.68. The lowest BCUT2D eigenvalue weighted by Crippen LogP contribution is -2.20. The SMILES string of the molecule is CN1CC(CN)CC1c1ccc2occ(Br)c2c1. The van der Waals surface area contributed by atoms with Gasteiger partial charge >= 0.3 is 0 Å². The molecule has 2 heterocycles. The number of fused-ring (bicyclic) bond motifs is 1. The summed E-state index contributed by atoms with van der Waals surface area (Å²) in [5.41, 5.74) is 8.07. The molecule has 1 aliphatic rings. The van der Waals surface area contributed by atoms with Crippen molar-refractivity contribution < 1.29 is 4.42 Å². The van der Waals surface area contributed by atoms with E-state index in [1.807, 2.05) is 0 Å². The number of benzene rings is 1. The van der Waals surface area contributed by atoms with Gasteiger partial charge in [-0.05, 0) is 59.6 Å². The molecule has 3 nitrogen and oxygen atoms in total. The smallest absolute Gasteiger partial charge is 0.135 e. The standard InChI is InChI=1S/C14H17BrN2O/c1-17-7-9(6-16)4-13(17)10-2-3-14-11(5-10)12(15)8-18-14/h2-3,5,8-9,13H,4,6-7,16H2,1H3. The van der Waals surface area contributed by atoms with Crippen LogP contribution in [0.25, 0.3) is 11.0 Å². The van der Waals surface area contributed by atoms with Crippen molar-refractivity contribution in [3.05, 3.63) is 34.5 Å². The van der Waals surface area contributed by atoms with Gasteiger partial charge < -0.3 is 10.2 Å². The first-order valence-corrected chi connectivity index (χ1v) is 7.05. The van der Waals surface area contributed by atoms with Crippen molar-refractivity contribution in [3.63, 3.8) is 0 Å². The van der Waals surface area contributed by atoms with E-state index in [4.69, 9.17) is 10.2 Å². The minimum Gasteiger partial charge on any atom is -0.463 e. The molecule has 2 N–H and O–H groups in total. The molecule has 1 saturated heterocycles. The van der Waals surface area contributed by atoms with Crippen molar-refractivity contribution in [1.29, 1.82) is 0 Å². The highest BCUT2D eigenvalue weighted by atomic mass is 79.9. The molecule has 1 fully saturated rings. The minimum absolute atomic E-state index is 0.477. The van der Waals surface area contributed by atoms with Gasteiger partial charge in [-0.25, -0.2) is 0 Å². The van der Waals surface area contributed by atoms with Gasteiger partial charge in [0, 0.05) is 18.0 Å². The second-order valence-corrected chi connectivity index (χ2v) is 5.99. The van der Waals surface area contributed by atoms with Crippen LogP contribution in [0.5, 0.6) is 0 Å². The molecule has 0 saturated carbocycles. The number of hydrogen-bond donors (Lipinski definition) is 1. The quantitative estimate of drug-likeness (QED) is 0.926. The maximum atomic E-state index is 5.79. The van der Waals surface area contributed by atoms with Gasteiger partial charge in [0.25, 0.3) is 0 Å². The van der Waals surface area contributed by atoms with Gasteiger partial charge in [-0.15, -0.1) is 0 Å². The summed E-state index contributed by atoms with van der Waals surface area (Å²) in [5.74, 6) is 0.614. The molecule has 1 aliphatic heterocycles. The van der Waals surface area contributed by atoms with Crippen molar-refractivity contribution >= 4 is 26.9 Å². The third-order valence-electron chi connectivity index (χ3n) is 3.90. The van der Waals surface area contributed by atoms with Gasteiger partial charge in [0.05, 0.1) is 4.47 Å². The fourth-order valence-corrected chi connectivity index (χ4v) is 3.29. The van der Waals surface area contributed by atoms with Crippen molar-refractivity contribution in [2.24, 2.45) is 11.7 Å². The van der Waals surface area contributed by atoms with E-state index in [1.165, 1.54) is 5.56 Å². The Labute approximate surface area is 115 Å². The van der Waals surface area contributed by atoms with Gasteiger partial charge in [0.15, 0.2) is 0 Å². The normalized spacial score (nSPS) is 25.1. The molecule has 2 unspecified atom stereocenters. The number of nitrogens with zero attached hydrogens (tertiary/aromatic N) is 1. The largest absolute Gasteiger partial charge is 0.463 e. The Morgan fingerprint density at radius 3 is 3.06 bits per heavy atom. The second-order valence-electron chi connectivity index (χ2n) is 5.13. The number of rotatable bonds is 2. The molecule has 0 bridgehead atoms. The maximum Gasteiger partial charge on any atom is 0.135 e. The van der Waals surface area contributed by atoms with Crippen LogP contribution in [0, 0.1) is 5.92 Å². The fraction of sp³-hybridized carbons (Fsp3) is 0.429. The molecule has 2 aromatic rings. The van der Waals surface area contributed by atoms with E-state index in [0.29, 0.717) is 12.0 Å². The lowest BCUT2D eigenvalue weighted by atomic mass is 9.99. The molecule has 1 aromatic heterocycles. The van der Waals surface area contributed by atoms with E-state index >= 15 is 0 Å². The van der Waals surface area contributed by atoms with Crippen LogP contribution >= 0.6 is 15.9 Å². The van der Waals surface area contributed by atoms with Crippen molar-refractivity contribution in [2.75, 3.05) is 20.1 Å². The molecule has 18 heavy (non-hydrogen) atoms. The Morgan fingerprint density at radius 2 is 2.33 bits per heavy atom. The molecule has 0 aliphatic carbocycles. The average molecular weight is 309 g/mol. The van der Waals surface area contributed by atoms with Crippen molar-refractivity contribution in [1.82, 2.24) is 4.90 Å². The van der Waals surface area contributed by atoms with Crippen molar-refractivity contribution in [3.8, 4) is 0 Å². The Bertz CT molecular complexity index is 566. The molecule has 96 valence electrons. The Morgan fingerprint density at radius 1 is 1.50 bits per heavy atom. The number of likely N-dealkylation sites (tertiary alicyclic amines) is 1. The topological polar surface area (TPSA) is 42.4 Å².